The highest BCUT2D eigenvalue weighted by Gasteiger charge is 2.37. The quantitative estimate of drug-likeness (QED) is 0.884. The Morgan fingerprint density at radius 1 is 1.20 bits per heavy atom. The minimum atomic E-state index is 0.162. The van der Waals surface area contributed by atoms with Crippen molar-refractivity contribution < 1.29 is 4.74 Å². The van der Waals surface area contributed by atoms with Gasteiger partial charge in [-0.05, 0) is 51.0 Å². The molecule has 0 bridgehead atoms. The summed E-state index contributed by atoms with van der Waals surface area (Å²) in [6.45, 7) is 5.99. The Kier molecular flexibility index (Phi) is 3.76. The summed E-state index contributed by atoms with van der Waals surface area (Å²) in [6.07, 6.45) is 7.70. The molecule has 2 nitrogen and oxygen atoms in total. The van der Waals surface area contributed by atoms with E-state index >= 15 is 0 Å². The van der Waals surface area contributed by atoms with Crippen LogP contribution in [0.1, 0.15) is 55.2 Å². The van der Waals surface area contributed by atoms with Crippen molar-refractivity contribution in [1.29, 1.82) is 0 Å². The van der Waals surface area contributed by atoms with Gasteiger partial charge in [0, 0.05) is 17.5 Å². The van der Waals surface area contributed by atoms with E-state index in [1.54, 1.807) is 0 Å². The van der Waals surface area contributed by atoms with E-state index in [4.69, 9.17) is 10.5 Å². The lowest BCUT2D eigenvalue weighted by Crippen LogP contribution is -2.33. The summed E-state index contributed by atoms with van der Waals surface area (Å²) < 4.78 is 6.23. The van der Waals surface area contributed by atoms with Crippen molar-refractivity contribution in [2.45, 2.75) is 57.8 Å². The van der Waals surface area contributed by atoms with E-state index in [0.29, 0.717) is 0 Å². The molecule has 0 saturated heterocycles. The van der Waals surface area contributed by atoms with Crippen molar-refractivity contribution in [3.8, 4) is 5.75 Å². The second-order valence-corrected chi connectivity index (χ2v) is 6.90. The zero-order valence-electron chi connectivity index (χ0n) is 12.9. The number of ether oxygens (including phenoxy) is 1. The van der Waals surface area contributed by atoms with Gasteiger partial charge in [-0.15, -0.1) is 0 Å². The van der Waals surface area contributed by atoms with E-state index in [-0.39, 0.29) is 5.41 Å². The van der Waals surface area contributed by atoms with Crippen LogP contribution < -0.4 is 10.5 Å². The van der Waals surface area contributed by atoms with Crippen molar-refractivity contribution in [3.05, 3.63) is 28.8 Å². The molecular formula is C18H27NO. The fraction of sp³-hybridized carbons (Fsp3) is 0.667. The summed E-state index contributed by atoms with van der Waals surface area (Å²) in [5.41, 5.74) is 10.3. The van der Waals surface area contributed by atoms with Crippen LogP contribution in [0.2, 0.25) is 0 Å². The highest BCUT2D eigenvalue weighted by molar-refractivity contribution is 5.48. The van der Waals surface area contributed by atoms with Crippen molar-refractivity contribution in [2.75, 3.05) is 13.2 Å². The van der Waals surface area contributed by atoms with Gasteiger partial charge >= 0.3 is 0 Å². The molecule has 0 amide bonds. The van der Waals surface area contributed by atoms with Crippen LogP contribution >= 0.6 is 0 Å². The molecule has 0 spiro atoms. The first-order valence-electron chi connectivity index (χ1n) is 8.09. The van der Waals surface area contributed by atoms with Crippen LogP contribution in [0.3, 0.4) is 0 Å². The molecule has 3 rings (SSSR count). The third-order valence-corrected chi connectivity index (χ3v) is 5.10. The lowest BCUT2D eigenvalue weighted by Gasteiger charge is -2.31. The molecule has 20 heavy (non-hydrogen) atoms. The van der Waals surface area contributed by atoms with Crippen LogP contribution in [0, 0.1) is 19.8 Å². The van der Waals surface area contributed by atoms with Gasteiger partial charge in [0.15, 0.2) is 0 Å². The van der Waals surface area contributed by atoms with Gasteiger partial charge in [0.25, 0.3) is 0 Å². The maximum atomic E-state index is 6.23. The maximum Gasteiger partial charge on any atom is 0.126 e. The predicted octanol–water partition coefficient (Wildman–Crippen LogP) is 3.86. The summed E-state index contributed by atoms with van der Waals surface area (Å²) in [4.78, 5) is 0. The number of nitrogens with two attached hydrogens (primary N) is 1. The molecule has 2 fully saturated rings. The minimum absolute atomic E-state index is 0.162. The van der Waals surface area contributed by atoms with Crippen molar-refractivity contribution >= 4 is 0 Å². The summed E-state index contributed by atoms with van der Waals surface area (Å²) in [5, 5.41) is 0. The molecule has 0 radical (unpaired) electrons. The lowest BCUT2D eigenvalue weighted by molar-refractivity contribution is 0.285. The molecule has 2 aliphatic carbocycles. The molecule has 0 aliphatic heterocycles. The van der Waals surface area contributed by atoms with Gasteiger partial charge in [-0.1, -0.05) is 30.5 Å². The smallest absolute Gasteiger partial charge is 0.126 e. The Morgan fingerprint density at radius 3 is 2.50 bits per heavy atom. The first kappa shape index (κ1) is 13.9. The number of hydrogen-bond donors (Lipinski definition) is 1. The maximum absolute atomic E-state index is 6.23. The van der Waals surface area contributed by atoms with E-state index in [0.717, 1.165) is 24.8 Å². The average molecular weight is 273 g/mol. The third kappa shape index (κ3) is 2.58. The second-order valence-electron chi connectivity index (χ2n) is 6.90. The van der Waals surface area contributed by atoms with Gasteiger partial charge in [-0.25, -0.2) is 0 Å². The molecule has 2 heteroatoms. The fourth-order valence-electron chi connectivity index (χ4n) is 3.66. The standard InChI is InChI=1S/C18H27NO/c1-13-9-14(2)17(20-11-15-5-6-15)16(10-13)18(12-19)7-3-4-8-18/h9-10,15H,3-8,11-12,19H2,1-2H3. The summed E-state index contributed by atoms with van der Waals surface area (Å²) >= 11 is 0. The van der Waals surface area contributed by atoms with Crippen LogP contribution in [0.25, 0.3) is 0 Å². The van der Waals surface area contributed by atoms with E-state index < -0.39 is 0 Å². The number of hydrogen-bond acceptors (Lipinski definition) is 2. The SMILES string of the molecule is Cc1cc(C)c(OCC2CC2)c(C2(CN)CCCC2)c1. The van der Waals surface area contributed by atoms with Gasteiger partial charge in [0.2, 0.25) is 0 Å². The normalized spacial score (nSPS) is 21.1. The molecule has 0 unspecified atom stereocenters. The van der Waals surface area contributed by atoms with Gasteiger partial charge in [-0.2, -0.15) is 0 Å². The monoisotopic (exact) mass is 273 g/mol. The highest BCUT2D eigenvalue weighted by Crippen LogP contribution is 2.46. The molecule has 2 N–H and O–H groups in total. The Balaban J connectivity index is 1.97. The number of rotatable bonds is 5. The zero-order chi connectivity index (χ0) is 14.2. The zero-order valence-corrected chi connectivity index (χ0v) is 12.9. The fourth-order valence-corrected chi connectivity index (χ4v) is 3.66. The highest BCUT2D eigenvalue weighted by atomic mass is 16.5. The Bertz CT molecular complexity index is 484. The van der Waals surface area contributed by atoms with Crippen molar-refractivity contribution in [3.63, 3.8) is 0 Å². The van der Waals surface area contributed by atoms with Crippen LogP contribution in [0.15, 0.2) is 12.1 Å². The Labute approximate surface area is 122 Å². The van der Waals surface area contributed by atoms with Crippen LogP contribution in [0.4, 0.5) is 0 Å². The summed E-state index contributed by atoms with van der Waals surface area (Å²) in [5.74, 6) is 1.93. The first-order valence-corrected chi connectivity index (χ1v) is 8.09. The Morgan fingerprint density at radius 2 is 1.90 bits per heavy atom. The molecule has 2 saturated carbocycles. The average Bonchev–Trinajstić information content (AvgIpc) is 3.12. The van der Waals surface area contributed by atoms with E-state index in [1.807, 2.05) is 0 Å². The van der Waals surface area contributed by atoms with Crippen molar-refractivity contribution in [2.24, 2.45) is 11.7 Å². The van der Waals surface area contributed by atoms with Crippen LogP contribution in [-0.4, -0.2) is 13.2 Å². The molecule has 0 aromatic heterocycles. The number of aryl methyl sites for hydroxylation is 2. The van der Waals surface area contributed by atoms with E-state index in [9.17, 15) is 0 Å². The largest absolute Gasteiger partial charge is 0.493 e. The Hall–Kier alpha value is -1.02. The van der Waals surface area contributed by atoms with Crippen molar-refractivity contribution in [1.82, 2.24) is 0 Å². The lowest BCUT2D eigenvalue weighted by atomic mass is 9.77. The molecule has 1 aromatic carbocycles. The third-order valence-electron chi connectivity index (χ3n) is 5.10. The van der Waals surface area contributed by atoms with Gasteiger partial charge < -0.3 is 10.5 Å². The molecule has 0 atom stereocenters. The van der Waals surface area contributed by atoms with Crippen LogP contribution in [0.5, 0.6) is 5.75 Å². The molecule has 2 aliphatic rings. The molecule has 110 valence electrons. The molecular weight excluding hydrogens is 246 g/mol. The topological polar surface area (TPSA) is 35.2 Å². The minimum Gasteiger partial charge on any atom is -0.493 e. The second kappa shape index (κ2) is 5.40. The predicted molar refractivity (Wildman–Crippen MR) is 83.3 cm³/mol. The van der Waals surface area contributed by atoms with E-state index in [2.05, 4.69) is 26.0 Å². The van der Waals surface area contributed by atoms with Gasteiger partial charge in [-0.3, -0.25) is 0 Å². The number of benzene rings is 1. The summed E-state index contributed by atoms with van der Waals surface area (Å²) in [7, 11) is 0. The summed E-state index contributed by atoms with van der Waals surface area (Å²) in [6, 6.07) is 4.57. The van der Waals surface area contributed by atoms with Crippen LogP contribution in [-0.2, 0) is 5.41 Å². The van der Waals surface area contributed by atoms with Gasteiger partial charge in [0.1, 0.15) is 5.75 Å². The van der Waals surface area contributed by atoms with E-state index in [1.165, 1.54) is 55.2 Å². The van der Waals surface area contributed by atoms with Gasteiger partial charge in [0.05, 0.1) is 6.61 Å². The molecule has 1 aromatic rings. The first-order chi connectivity index (χ1) is 9.64. The molecule has 0 heterocycles.